The van der Waals surface area contributed by atoms with E-state index >= 15 is 0 Å². The van der Waals surface area contributed by atoms with Gasteiger partial charge in [-0.05, 0) is 20.5 Å². The SMILES string of the molecule is CCCc1c(NC)ncnc1NCC1CN(C)CCN1C. The second-order valence-corrected chi connectivity index (χ2v) is 5.83. The molecule has 2 heterocycles. The van der Waals surface area contributed by atoms with Crippen LogP contribution in [0.25, 0.3) is 0 Å². The van der Waals surface area contributed by atoms with E-state index in [9.17, 15) is 0 Å². The minimum atomic E-state index is 0.520. The fourth-order valence-corrected chi connectivity index (χ4v) is 2.80. The van der Waals surface area contributed by atoms with Crippen LogP contribution in [-0.2, 0) is 6.42 Å². The van der Waals surface area contributed by atoms with Gasteiger partial charge in [0.2, 0.25) is 0 Å². The molecule has 1 unspecified atom stereocenters. The summed E-state index contributed by atoms with van der Waals surface area (Å²) in [5.74, 6) is 1.90. The molecule has 0 saturated carbocycles. The van der Waals surface area contributed by atoms with Crippen molar-refractivity contribution < 1.29 is 0 Å². The Balaban J connectivity index is 2.05. The van der Waals surface area contributed by atoms with Gasteiger partial charge in [0.25, 0.3) is 0 Å². The minimum Gasteiger partial charge on any atom is -0.373 e. The highest BCUT2D eigenvalue weighted by Gasteiger charge is 2.22. The van der Waals surface area contributed by atoms with Crippen molar-refractivity contribution in [3.8, 4) is 0 Å². The standard InChI is InChI=1S/C15H28N6/c1-5-6-13-14(16-2)18-11-19-15(13)17-9-12-10-20(3)7-8-21(12)4/h11-12H,5-10H2,1-4H3,(H2,16,17,18,19). The van der Waals surface area contributed by atoms with E-state index in [1.807, 2.05) is 7.05 Å². The van der Waals surface area contributed by atoms with Gasteiger partial charge in [0, 0.05) is 44.8 Å². The van der Waals surface area contributed by atoms with Crippen molar-refractivity contribution in [3.63, 3.8) is 0 Å². The molecule has 6 heteroatoms. The van der Waals surface area contributed by atoms with Crippen LogP contribution in [0, 0.1) is 0 Å². The summed E-state index contributed by atoms with van der Waals surface area (Å²) >= 11 is 0. The molecule has 118 valence electrons. The zero-order chi connectivity index (χ0) is 15.2. The Labute approximate surface area is 127 Å². The van der Waals surface area contributed by atoms with E-state index in [1.165, 1.54) is 5.56 Å². The third-order valence-corrected chi connectivity index (χ3v) is 4.17. The lowest BCUT2D eigenvalue weighted by atomic mass is 10.1. The summed E-state index contributed by atoms with van der Waals surface area (Å²) in [5, 5.41) is 6.70. The van der Waals surface area contributed by atoms with Gasteiger partial charge in [-0.15, -0.1) is 0 Å². The first-order valence-corrected chi connectivity index (χ1v) is 7.80. The van der Waals surface area contributed by atoms with Gasteiger partial charge in [-0.2, -0.15) is 0 Å². The van der Waals surface area contributed by atoms with Gasteiger partial charge in [0.15, 0.2) is 0 Å². The Morgan fingerprint density at radius 1 is 1.24 bits per heavy atom. The molecule has 1 aromatic rings. The van der Waals surface area contributed by atoms with Crippen LogP contribution in [0.2, 0.25) is 0 Å². The molecule has 1 aromatic heterocycles. The summed E-state index contributed by atoms with van der Waals surface area (Å²) in [4.78, 5) is 13.6. The zero-order valence-electron chi connectivity index (χ0n) is 13.7. The maximum absolute atomic E-state index is 4.44. The van der Waals surface area contributed by atoms with Crippen molar-refractivity contribution in [3.05, 3.63) is 11.9 Å². The molecule has 1 fully saturated rings. The molecule has 6 nitrogen and oxygen atoms in total. The van der Waals surface area contributed by atoms with Crippen LogP contribution in [0.1, 0.15) is 18.9 Å². The predicted molar refractivity (Wildman–Crippen MR) is 88.0 cm³/mol. The van der Waals surface area contributed by atoms with E-state index < -0.39 is 0 Å². The zero-order valence-corrected chi connectivity index (χ0v) is 13.7. The topological polar surface area (TPSA) is 56.3 Å². The van der Waals surface area contributed by atoms with E-state index in [0.717, 1.165) is 50.7 Å². The molecule has 0 aromatic carbocycles. The number of hydrogen-bond acceptors (Lipinski definition) is 6. The molecular weight excluding hydrogens is 264 g/mol. The van der Waals surface area contributed by atoms with Gasteiger partial charge >= 0.3 is 0 Å². The molecular formula is C15H28N6. The molecule has 21 heavy (non-hydrogen) atoms. The lowest BCUT2D eigenvalue weighted by Gasteiger charge is -2.37. The average Bonchev–Trinajstić information content (AvgIpc) is 2.49. The van der Waals surface area contributed by atoms with Gasteiger partial charge in [-0.3, -0.25) is 4.90 Å². The second kappa shape index (κ2) is 7.56. The fraction of sp³-hybridized carbons (Fsp3) is 0.733. The first-order valence-electron chi connectivity index (χ1n) is 7.80. The number of anilines is 2. The molecule has 0 radical (unpaired) electrons. The Hall–Kier alpha value is -1.40. The molecule has 1 aliphatic rings. The van der Waals surface area contributed by atoms with Crippen molar-refractivity contribution in [2.75, 3.05) is 58.0 Å². The quantitative estimate of drug-likeness (QED) is 0.820. The molecule has 1 saturated heterocycles. The predicted octanol–water partition coefficient (Wildman–Crippen LogP) is 1.13. The van der Waals surface area contributed by atoms with Gasteiger partial charge in [0.05, 0.1) is 0 Å². The monoisotopic (exact) mass is 292 g/mol. The van der Waals surface area contributed by atoms with Crippen LogP contribution in [-0.4, -0.2) is 73.1 Å². The van der Waals surface area contributed by atoms with Crippen molar-refractivity contribution in [1.82, 2.24) is 19.8 Å². The smallest absolute Gasteiger partial charge is 0.134 e. The highest BCUT2D eigenvalue weighted by Crippen LogP contribution is 2.21. The highest BCUT2D eigenvalue weighted by molar-refractivity contribution is 5.57. The number of nitrogens with zero attached hydrogens (tertiary/aromatic N) is 4. The van der Waals surface area contributed by atoms with Crippen molar-refractivity contribution in [1.29, 1.82) is 0 Å². The van der Waals surface area contributed by atoms with E-state index in [2.05, 4.69) is 51.4 Å². The normalized spacial score (nSPS) is 20.5. The minimum absolute atomic E-state index is 0.520. The highest BCUT2D eigenvalue weighted by atomic mass is 15.3. The largest absolute Gasteiger partial charge is 0.373 e. The van der Waals surface area contributed by atoms with Crippen LogP contribution in [0.4, 0.5) is 11.6 Å². The molecule has 0 aliphatic carbocycles. The summed E-state index contributed by atoms with van der Waals surface area (Å²) in [7, 11) is 6.30. The summed E-state index contributed by atoms with van der Waals surface area (Å²) in [6.07, 6.45) is 3.70. The Bertz CT molecular complexity index is 450. The number of nitrogens with one attached hydrogen (secondary N) is 2. The van der Waals surface area contributed by atoms with E-state index in [4.69, 9.17) is 0 Å². The van der Waals surface area contributed by atoms with Crippen molar-refractivity contribution in [2.24, 2.45) is 0 Å². The molecule has 2 rings (SSSR count). The van der Waals surface area contributed by atoms with Crippen molar-refractivity contribution >= 4 is 11.6 Å². The fourth-order valence-electron chi connectivity index (χ4n) is 2.80. The van der Waals surface area contributed by atoms with Crippen LogP contribution in [0.15, 0.2) is 6.33 Å². The molecule has 1 atom stereocenters. The third-order valence-electron chi connectivity index (χ3n) is 4.17. The molecule has 1 aliphatic heterocycles. The average molecular weight is 292 g/mol. The number of hydrogen-bond donors (Lipinski definition) is 2. The van der Waals surface area contributed by atoms with E-state index in [0.29, 0.717) is 6.04 Å². The maximum atomic E-state index is 4.44. The van der Waals surface area contributed by atoms with E-state index in [-0.39, 0.29) is 0 Å². The van der Waals surface area contributed by atoms with Crippen molar-refractivity contribution in [2.45, 2.75) is 25.8 Å². The van der Waals surface area contributed by atoms with Gasteiger partial charge in [-0.1, -0.05) is 13.3 Å². The van der Waals surface area contributed by atoms with Crippen LogP contribution in [0.3, 0.4) is 0 Å². The van der Waals surface area contributed by atoms with Crippen LogP contribution >= 0.6 is 0 Å². The lowest BCUT2D eigenvalue weighted by molar-refractivity contribution is 0.122. The Morgan fingerprint density at radius 3 is 2.71 bits per heavy atom. The number of likely N-dealkylation sites (N-methyl/N-ethyl adjacent to an activating group) is 2. The first-order chi connectivity index (χ1) is 10.2. The van der Waals surface area contributed by atoms with Crippen LogP contribution in [0.5, 0.6) is 0 Å². The number of rotatable bonds is 6. The second-order valence-electron chi connectivity index (χ2n) is 5.83. The summed E-state index contributed by atoms with van der Waals surface area (Å²) in [6, 6.07) is 0.520. The maximum Gasteiger partial charge on any atom is 0.134 e. The Kier molecular flexibility index (Phi) is 5.76. The number of piperazine rings is 1. The molecule has 0 amide bonds. The molecule has 0 bridgehead atoms. The third kappa shape index (κ3) is 4.04. The summed E-state index contributed by atoms with van der Waals surface area (Å²) in [6.45, 7) is 6.45. The molecule has 2 N–H and O–H groups in total. The van der Waals surface area contributed by atoms with Gasteiger partial charge < -0.3 is 15.5 Å². The molecule has 0 spiro atoms. The number of aromatic nitrogens is 2. The van der Waals surface area contributed by atoms with E-state index in [1.54, 1.807) is 6.33 Å². The van der Waals surface area contributed by atoms with Gasteiger partial charge in [0.1, 0.15) is 18.0 Å². The summed E-state index contributed by atoms with van der Waals surface area (Å²) < 4.78 is 0. The van der Waals surface area contributed by atoms with Gasteiger partial charge in [-0.25, -0.2) is 9.97 Å². The summed E-state index contributed by atoms with van der Waals surface area (Å²) in [5.41, 5.74) is 1.19. The van der Waals surface area contributed by atoms with Crippen LogP contribution < -0.4 is 10.6 Å². The Morgan fingerprint density at radius 2 is 2.00 bits per heavy atom. The first kappa shape index (κ1) is 16.0. The lowest BCUT2D eigenvalue weighted by Crippen LogP contribution is -2.52.